The number of halogens is 2. The Hall–Kier alpha value is -2.76. The summed E-state index contributed by atoms with van der Waals surface area (Å²) in [5, 5.41) is 0. The molecule has 4 nitrogen and oxygen atoms in total. The maximum absolute atomic E-state index is 13.4. The third kappa shape index (κ3) is 3.20. The fraction of sp³-hybridized carbons (Fsp3) is 0.333. The number of likely N-dealkylation sites (tertiary alicyclic amines) is 1. The second kappa shape index (κ2) is 6.44. The zero-order valence-corrected chi connectivity index (χ0v) is 14.9. The molecule has 1 saturated heterocycles. The highest BCUT2D eigenvalue weighted by Crippen LogP contribution is 2.39. The molecular formula is C21H19F2NO3. The molecule has 0 radical (unpaired) electrons. The third-order valence-corrected chi connectivity index (χ3v) is 5.37. The smallest absolute Gasteiger partial charge is 0.253 e. The van der Waals surface area contributed by atoms with Gasteiger partial charge in [-0.05, 0) is 37.3 Å². The van der Waals surface area contributed by atoms with Crippen LogP contribution in [0.5, 0.6) is 5.75 Å². The van der Waals surface area contributed by atoms with E-state index in [0.29, 0.717) is 37.2 Å². The number of carbonyl (C=O) groups excluding carboxylic acids is 2. The Morgan fingerprint density at radius 2 is 1.81 bits per heavy atom. The van der Waals surface area contributed by atoms with Crippen molar-refractivity contribution in [3.8, 4) is 5.75 Å². The molecule has 1 amide bonds. The van der Waals surface area contributed by atoms with Crippen LogP contribution in [-0.4, -0.2) is 35.3 Å². The van der Waals surface area contributed by atoms with Crippen molar-refractivity contribution in [2.24, 2.45) is 0 Å². The monoisotopic (exact) mass is 371 g/mol. The summed E-state index contributed by atoms with van der Waals surface area (Å²) in [4.78, 5) is 26.7. The van der Waals surface area contributed by atoms with Crippen LogP contribution in [0.2, 0.25) is 0 Å². The number of ether oxygens (including phenoxy) is 1. The van der Waals surface area contributed by atoms with Crippen LogP contribution in [0, 0.1) is 18.6 Å². The van der Waals surface area contributed by atoms with Gasteiger partial charge in [-0.3, -0.25) is 9.59 Å². The van der Waals surface area contributed by atoms with Crippen molar-refractivity contribution in [3.63, 3.8) is 0 Å². The van der Waals surface area contributed by atoms with E-state index in [1.54, 1.807) is 4.90 Å². The Labute approximate surface area is 155 Å². The second-order valence-electron chi connectivity index (χ2n) is 7.31. The standard InChI is InChI=1S/C21H19F2NO3/c1-13-2-5-19-15(10-13)18(25)12-21(27-19)6-8-24(9-7-21)20(26)14-3-4-16(22)17(23)11-14/h2-5,10-11H,6-9,12H2,1H3. The normalized spacial score (nSPS) is 18.2. The molecule has 0 bridgehead atoms. The SMILES string of the molecule is Cc1ccc2c(c1)C(=O)CC1(CCN(C(=O)c3ccc(F)c(F)c3)CC1)O2. The van der Waals surface area contributed by atoms with Gasteiger partial charge in [0.15, 0.2) is 17.4 Å². The molecule has 0 saturated carbocycles. The molecule has 2 aromatic rings. The molecule has 0 aromatic heterocycles. The highest BCUT2D eigenvalue weighted by atomic mass is 19.2. The van der Waals surface area contributed by atoms with Crippen molar-refractivity contribution in [2.75, 3.05) is 13.1 Å². The molecule has 1 spiro atoms. The minimum atomic E-state index is -1.04. The Bertz CT molecular complexity index is 933. The number of hydrogen-bond donors (Lipinski definition) is 0. The first-order valence-electron chi connectivity index (χ1n) is 8.94. The number of aryl methyl sites for hydroxylation is 1. The predicted molar refractivity (Wildman–Crippen MR) is 95.0 cm³/mol. The molecule has 2 aliphatic rings. The van der Waals surface area contributed by atoms with E-state index >= 15 is 0 Å². The summed E-state index contributed by atoms with van der Waals surface area (Å²) in [6.07, 6.45) is 1.32. The molecule has 0 N–H and O–H groups in total. The molecule has 0 atom stereocenters. The van der Waals surface area contributed by atoms with Gasteiger partial charge in [-0.15, -0.1) is 0 Å². The molecule has 6 heteroatoms. The fourth-order valence-corrected chi connectivity index (χ4v) is 3.82. The minimum absolute atomic E-state index is 0.0559. The van der Waals surface area contributed by atoms with Gasteiger partial charge in [0.2, 0.25) is 0 Å². The van der Waals surface area contributed by atoms with Crippen LogP contribution in [0.15, 0.2) is 36.4 Å². The van der Waals surface area contributed by atoms with Gasteiger partial charge in [-0.2, -0.15) is 0 Å². The molecule has 0 aliphatic carbocycles. The van der Waals surface area contributed by atoms with E-state index in [4.69, 9.17) is 4.74 Å². The first-order valence-corrected chi connectivity index (χ1v) is 8.94. The molecule has 140 valence electrons. The number of rotatable bonds is 1. The number of benzene rings is 2. The van der Waals surface area contributed by atoms with Crippen LogP contribution < -0.4 is 4.74 Å². The number of hydrogen-bond acceptors (Lipinski definition) is 3. The number of ketones is 1. The minimum Gasteiger partial charge on any atom is -0.486 e. The van der Waals surface area contributed by atoms with Crippen molar-refractivity contribution in [1.29, 1.82) is 0 Å². The lowest BCUT2D eigenvalue weighted by Crippen LogP contribution is -2.52. The first kappa shape index (κ1) is 17.6. The molecule has 0 unspecified atom stereocenters. The van der Waals surface area contributed by atoms with Crippen LogP contribution in [0.4, 0.5) is 8.78 Å². The number of amides is 1. The van der Waals surface area contributed by atoms with Crippen molar-refractivity contribution < 1.29 is 23.1 Å². The molecular weight excluding hydrogens is 352 g/mol. The molecule has 2 heterocycles. The summed E-state index contributed by atoms with van der Waals surface area (Å²) < 4.78 is 32.7. The highest BCUT2D eigenvalue weighted by molar-refractivity contribution is 6.00. The largest absolute Gasteiger partial charge is 0.486 e. The van der Waals surface area contributed by atoms with Crippen LogP contribution >= 0.6 is 0 Å². The van der Waals surface area contributed by atoms with E-state index in [0.717, 1.165) is 17.7 Å². The summed E-state index contributed by atoms with van der Waals surface area (Å²) in [7, 11) is 0. The number of carbonyl (C=O) groups is 2. The second-order valence-corrected chi connectivity index (χ2v) is 7.31. The van der Waals surface area contributed by atoms with E-state index in [9.17, 15) is 18.4 Å². The van der Waals surface area contributed by atoms with E-state index in [-0.39, 0.29) is 23.7 Å². The lowest BCUT2D eigenvalue weighted by molar-refractivity contribution is -0.00573. The summed E-state index contributed by atoms with van der Waals surface area (Å²) in [5.74, 6) is -1.71. The van der Waals surface area contributed by atoms with Gasteiger partial charge in [0.1, 0.15) is 11.4 Å². The number of nitrogens with zero attached hydrogens (tertiary/aromatic N) is 1. The maximum atomic E-state index is 13.4. The Morgan fingerprint density at radius 1 is 1.07 bits per heavy atom. The van der Waals surface area contributed by atoms with Crippen LogP contribution in [0.3, 0.4) is 0 Å². The lowest BCUT2D eigenvalue weighted by atomic mass is 9.82. The van der Waals surface area contributed by atoms with Gasteiger partial charge in [0, 0.05) is 31.5 Å². The summed E-state index contributed by atoms with van der Waals surface area (Å²) >= 11 is 0. The summed E-state index contributed by atoms with van der Waals surface area (Å²) in [5.41, 5.74) is 1.13. The van der Waals surface area contributed by atoms with Gasteiger partial charge in [0.05, 0.1) is 12.0 Å². The summed E-state index contributed by atoms with van der Waals surface area (Å²) in [6.45, 7) is 2.72. The first-order chi connectivity index (χ1) is 12.9. The fourth-order valence-electron chi connectivity index (χ4n) is 3.82. The number of Topliss-reactive ketones (excluding diaryl/α,β-unsaturated/α-hetero) is 1. The lowest BCUT2D eigenvalue weighted by Gasteiger charge is -2.44. The summed E-state index contributed by atoms with van der Waals surface area (Å²) in [6, 6.07) is 8.73. The van der Waals surface area contributed by atoms with E-state index in [2.05, 4.69) is 0 Å². The third-order valence-electron chi connectivity index (χ3n) is 5.37. The molecule has 27 heavy (non-hydrogen) atoms. The molecule has 1 fully saturated rings. The Kier molecular flexibility index (Phi) is 4.21. The van der Waals surface area contributed by atoms with Gasteiger partial charge in [-0.25, -0.2) is 8.78 Å². The van der Waals surface area contributed by atoms with Crippen LogP contribution in [0.1, 0.15) is 45.5 Å². The molecule has 2 aromatic carbocycles. The van der Waals surface area contributed by atoms with Gasteiger partial charge >= 0.3 is 0 Å². The van der Waals surface area contributed by atoms with E-state index in [1.807, 2.05) is 25.1 Å². The van der Waals surface area contributed by atoms with E-state index < -0.39 is 17.2 Å². The Morgan fingerprint density at radius 3 is 2.52 bits per heavy atom. The van der Waals surface area contributed by atoms with Gasteiger partial charge in [-0.1, -0.05) is 11.6 Å². The number of piperidine rings is 1. The van der Waals surface area contributed by atoms with Gasteiger partial charge < -0.3 is 9.64 Å². The Balaban J connectivity index is 1.49. The topological polar surface area (TPSA) is 46.6 Å². The quantitative estimate of drug-likeness (QED) is 0.764. The zero-order valence-electron chi connectivity index (χ0n) is 14.9. The van der Waals surface area contributed by atoms with Crippen molar-refractivity contribution in [2.45, 2.75) is 31.8 Å². The maximum Gasteiger partial charge on any atom is 0.253 e. The zero-order chi connectivity index (χ0) is 19.2. The molecule has 4 rings (SSSR count). The van der Waals surface area contributed by atoms with Crippen molar-refractivity contribution >= 4 is 11.7 Å². The molecule has 2 aliphatic heterocycles. The average molecular weight is 371 g/mol. The number of fused-ring (bicyclic) bond motifs is 1. The highest BCUT2D eigenvalue weighted by Gasteiger charge is 2.43. The van der Waals surface area contributed by atoms with E-state index in [1.165, 1.54) is 6.07 Å². The van der Waals surface area contributed by atoms with Gasteiger partial charge in [0.25, 0.3) is 5.91 Å². The van der Waals surface area contributed by atoms with Crippen molar-refractivity contribution in [3.05, 3.63) is 64.7 Å². The van der Waals surface area contributed by atoms with Crippen LogP contribution in [0.25, 0.3) is 0 Å². The van der Waals surface area contributed by atoms with Crippen molar-refractivity contribution in [1.82, 2.24) is 4.90 Å². The van der Waals surface area contributed by atoms with Crippen LogP contribution in [-0.2, 0) is 0 Å². The predicted octanol–water partition coefficient (Wildman–Crippen LogP) is 3.91. The average Bonchev–Trinajstić information content (AvgIpc) is 2.65.